The van der Waals surface area contributed by atoms with Crippen LogP contribution in [0, 0.1) is 31.1 Å². The second-order valence-electron chi connectivity index (χ2n) is 29.2. The third kappa shape index (κ3) is 31.8. The quantitative estimate of drug-likeness (QED) is 0.0188. The number of aliphatic imine (C=N–C) groups is 1. The monoisotopic (exact) mass is 2520 g/mol. The molecular formula is C84H95B2BrCl4N25O23P7U. The molecule has 1 saturated heterocycles. The number of aromatic nitrogens is 22. The summed E-state index contributed by atoms with van der Waals surface area (Å²) in [7, 11) is 11.7. The van der Waals surface area contributed by atoms with Crippen LogP contribution in [0.1, 0.15) is 41.5 Å². The minimum atomic E-state index is -1.41. The van der Waals surface area contributed by atoms with E-state index in [1.54, 1.807) is 92.0 Å². The van der Waals surface area contributed by atoms with Crippen LogP contribution in [-0.2, 0) is 88.0 Å². The molecule has 2 aliphatic rings. The van der Waals surface area contributed by atoms with Crippen LogP contribution < -0.4 is 73.0 Å². The number of imidazole rings is 5. The fraction of sp³-hybridized carbons (Fsp3) is 0.214. The van der Waals surface area contributed by atoms with Gasteiger partial charge in [0.25, 0.3) is 33.4 Å². The summed E-state index contributed by atoms with van der Waals surface area (Å²) in [6, 6.07) is 52.8. The van der Waals surface area contributed by atoms with Gasteiger partial charge in [0.05, 0.1) is 37.5 Å². The normalized spacial score (nSPS) is 13.6. The molecule has 17 aromatic rings. The van der Waals surface area contributed by atoms with E-state index in [0.717, 1.165) is 35.0 Å². The molecule has 2 aliphatic heterocycles. The molecule has 10 atom stereocenters. The Labute approximate surface area is 901 Å². The minimum Gasteiger partial charge on any atom is -0.423 e. The van der Waals surface area contributed by atoms with Crippen molar-refractivity contribution in [2.24, 2.45) is 4.99 Å². The van der Waals surface area contributed by atoms with E-state index in [0.29, 0.717) is 92.1 Å². The summed E-state index contributed by atoms with van der Waals surface area (Å²) in [4.78, 5) is 163. The second-order valence-corrected chi connectivity index (χ2v) is 35.9. The van der Waals surface area contributed by atoms with Crippen LogP contribution in [0.5, 0.6) is 0 Å². The zero-order valence-corrected chi connectivity index (χ0v) is 92.7. The minimum absolute atomic E-state index is 0. The molecule has 0 amide bonds. The zero-order chi connectivity index (χ0) is 105. The number of aliphatic hydroxyl groups excluding tert-OH is 3. The van der Waals surface area contributed by atoms with Crippen LogP contribution >= 0.6 is 127 Å². The summed E-state index contributed by atoms with van der Waals surface area (Å²) in [6.07, 6.45) is 4.99. The Morgan fingerprint density at radius 1 is 0.551 bits per heavy atom. The first-order chi connectivity index (χ1) is 70.0. The van der Waals surface area contributed by atoms with E-state index in [1.165, 1.54) is 57.8 Å². The van der Waals surface area contributed by atoms with Gasteiger partial charge in [-0.05, 0) is 65.5 Å². The van der Waals surface area contributed by atoms with Crippen molar-refractivity contribution in [1.29, 1.82) is 1.34 Å². The van der Waals surface area contributed by atoms with Gasteiger partial charge < -0.3 is 82.4 Å². The fourth-order valence-electron chi connectivity index (χ4n) is 13.6. The molecule has 774 valence electrons. The first-order valence-electron chi connectivity index (χ1n) is 41.9. The van der Waals surface area contributed by atoms with Crippen LogP contribution in [0.3, 0.4) is 0 Å². The largest absolute Gasteiger partial charge is 0.488 e. The maximum atomic E-state index is 12.8. The van der Waals surface area contributed by atoms with Gasteiger partial charge in [-0.15, -0.1) is 24.0 Å². The molecular weight excluding hydrogens is 2430 g/mol. The van der Waals surface area contributed by atoms with Gasteiger partial charge in [0.2, 0.25) is 11.9 Å². The number of rotatable bonds is 24. The van der Waals surface area contributed by atoms with Gasteiger partial charge in [-0.1, -0.05) is 180 Å². The number of aliphatic hydroxyl groups is 3. The molecule has 48 nitrogen and oxygen atoms in total. The van der Waals surface area contributed by atoms with Gasteiger partial charge >= 0.3 is 29.9 Å². The van der Waals surface area contributed by atoms with E-state index in [2.05, 4.69) is 125 Å². The fourth-order valence-corrected chi connectivity index (χ4v) is 16.4. The number of aromatic amines is 4. The van der Waals surface area contributed by atoms with Crippen LogP contribution in [0.25, 0.3) is 61.5 Å². The summed E-state index contributed by atoms with van der Waals surface area (Å²) in [5.41, 5.74) is 15.5. The summed E-state index contributed by atoms with van der Waals surface area (Å²) in [5.74, 6) is 0.355. The number of fused-ring (bicyclic) bond motifs is 6. The maximum absolute atomic E-state index is 12.8. The van der Waals surface area contributed by atoms with E-state index < -0.39 is 101 Å². The van der Waals surface area contributed by atoms with Crippen molar-refractivity contribution in [3.63, 3.8) is 0 Å². The smallest absolute Gasteiger partial charge is 0.423 e. The Kier molecular flexibility index (Phi) is 50.4. The van der Waals surface area contributed by atoms with Crippen molar-refractivity contribution in [3.8, 4) is 5.69 Å². The summed E-state index contributed by atoms with van der Waals surface area (Å²) < 4.78 is 64.5. The number of anilines is 2. The molecule has 63 heteroatoms. The van der Waals surface area contributed by atoms with E-state index in [4.69, 9.17) is 99.2 Å². The van der Waals surface area contributed by atoms with E-state index in [9.17, 15) is 58.2 Å². The number of hydrogen-bond donors (Lipinski definition) is 11. The summed E-state index contributed by atoms with van der Waals surface area (Å²) in [6.45, 7) is 1.07. The van der Waals surface area contributed by atoms with Crippen molar-refractivity contribution in [2.45, 2.75) is 83.5 Å². The molecule has 6 aromatic carbocycles. The average molecular weight is 2520 g/mol. The van der Waals surface area contributed by atoms with E-state index in [-0.39, 0.29) is 140 Å². The number of nitrogens with zero attached hydrogens (tertiary/aromatic N) is 19. The first-order valence-corrected chi connectivity index (χ1v) is 48.7. The van der Waals surface area contributed by atoms with Crippen molar-refractivity contribution in [2.75, 3.05) is 45.0 Å². The molecule has 0 saturated carbocycles. The van der Waals surface area contributed by atoms with Gasteiger partial charge in [0.1, 0.15) is 83.1 Å². The molecule has 0 aliphatic carbocycles. The van der Waals surface area contributed by atoms with Crippen LogP contribution in [0.2, 0.25) is 10.0 Å². The molecule has 2 radical (unpaired) electrons. The van der Waals surface area contributed by atoms with Crippen molar-refractivity contribution in [1.82, 2.24) is 104 Å². The Bertz CT molecular complexity index is 7890. The van der Waals surface area contributed by atoms with Crippen LogP contribution in [0.4, 0.5) is 17.7 Å². The molecule has 13 heterocycles. The molecule has 1 fully saturated rings. The maximum Gasteiger partial charge on any atom is 0.488 e. The third-order valence-corrected chi connectivity index (χ3v) is 24.2. The van der Waals surface area contributed by atoms with E-state index in [1.807, 2.05) is 109 Å². The molecule has 147 heavy (non-hydrogen) atoms. The average Bonchev–Trinajstić information content (AvgIpc) is 1.58. The summed E-state index contributed by atoms with van der Waals surface area (Å²) in [5, 5.41) is 48.1. The molecule has 6 unspecified atom stereocenters. The van der Waals surface area contributed by atoms with Gasteiger partial charge in [-0.2, -0.15) is 9.97 Å². The van der Waals surface area contributed by atoms with Gasteiger partial charge in [0.15, 0.2) is 70.5 Å². The molecule has 0 bridgehead atoms. The number of nitrogens with two attached hydrogens (primary N) is 2. The molecule has 13 N–H and O–H groups in total. The van der Waals surface area contributed by atoms with Crippen molar-refractivity contribution >= 4 is 228 Å². The number of benzene rings is 6. The number of alkyl halides is 2. The number of hydrogen-bond acceptors (Lipinski definition) is 33. The second kappa shape index (κ2) is 60.9. The predicted molar refractivity (Wildman–Crippen MR) is 580 cm³/mol. The van der Waals surface area contributed by atoms with Crippen molar-refractivity contribution in [3.05, 3.63) is 343 Å². The van der Waals surface area contributed by atoms with Crippen LogP contribution in [0.15, 0.2) is 254 Å². The predicted octanol–water partition coefficient (Wildman–Crippen LogP) is 5.99. The Morgan fingerprint density at radius 2 is 0.986 bits per heavy atom. The SMILES string of the molecule is BrCc1ccccc1.C.COPn1c(=O)c2c(n(COP)c1=O)N=CC2.COPn1c(=O)c2c(ncn2-c2ccc(Cl)cc2)n(COP)c1=O.COPn1c(=O)c2c(ncn2Cc2ccccc2)n(COP)c1=O.Cl.Nc1nc2c(ncn2[C@H]2O[C@@H](CO)[C@H](O)[C@@H]2O)c(=O)[nH]1.Nc1nc2ncn(Cc3ccccc3)c2c(=O)[nH]1.O=PCCl.O=c1[nH]c(=O)c2c(ncn2Cc2ccccc2)[nH]1.OB(O)c1ccc(Cl)cc1.[2H][B].[U]. The molecule has 19 rings (SSSR count). The zero-order valence-electron chi connectivity index (χ0n) is 77.5. The topological polar surface area (TPSA) is 626 Å². The first kappa shape index (κ1) is 122. The Balaban J connectivity index is 0.000000230. The number of nitrogen functional groups attached to an aromatic ring is 2. The van der Waals surface area contributed by atoms with Crippen LogP contribution in [-0.4, -0.2) is 205 Å². The third-order valence-electron chi connectivity index (χ3n) is 20.0. The van der Waals surface area contributed by atoms with Gasteiger partial charge in [0, 0.05) is 143 Å². The molecule has 0 spiro atoms. The Hall–Kier alpha value is -10.6. The number of halogens is 5. The standard InChI is InChI=1S/C14H16N4O4P2.C13H13ClN4O4P2.C12H11N5O.C12H10N4O2.C10H13N5O5.C8H11N3O4P2.C7H7Br.C6H6BClO2.CH2ClOP.CH4.BH.ClH.U/c1-21-24-18-13(19)11-12(17(9-22-23)14(18)20)15-8-16(11)7-10-5-3-2-4-6-10;1-21-24-18-12(19)10-11(17(7-22-23)13(18)20)15-6-16(10)9-4-2-8(14)3-5-9;13-12-15-10-9(11(18)16-12)17(7-14-10)6-8-4-2-1-3-5-8;17-11-9-10(14-12(18)15-11)13-7-16(9)6-8-4-2-1-3-5-8;11-10-13-7-4(8(19)14-10)12-2-15(7)9-6(18)5(17)3(1-16)20-9;1-14-17-11-7(12)5-2-3-9-6(5)10(4-15-16)8(11)13;8-6-7-4-2-1-3-5-7;8-6-3-1-5(2-4-6)7(9)10;2-1-4-3;;;;/h2-6,8,24H,7,9,23H2,1H3;2-6,24H,7,23H2,1H3;1-5,7H,6H2,(H3,13,15,16,18);1-5,7H,6H2,(H2,14,15,17,18);2-3,5-6,9,16-18H,1H2,(H3,11,13,14,19);3,17H,2,4,16H2,1H3;1-5H,6H2;1-4,9-10H;1H2;1H4;2*1H;/t;;;;3-,5-,6-,9-;;;;;;;;/m....0......../s1/i;;;;;;;;;;1D;;. The summed E-state index contributed by atoms with van der Waals surface area (Å²) >= 11 is 19.7. The van der Waals surface area contributed by atoms with Crippen molar-refractivity contribution < 1.29 is 92.9 Å². The van der Waals surface area contributed by atoms with E-state index >= 15 is 0 Å². The van der Waals surface area contributed by atoms with Gasteiger partial charge in [-0.3, -0.25) is 76.1 Å². The number of nitrogens with one attached hydrogen (secondary N) is 4. The van der Waals surface area contributed by atoms with Gasteiger partial charge in [-0.25, -0.2) is 62.1 Å². The number of H-pyrrole nitrogens is 4. The Morgan fingerprint density at radius 3 is 1.47 bits per heavy atom. The number of ether oxygens (including phenoxy) is 1. The molecule has 11 aromatic heterocycles.